The van der Waals surface area contributed by atoms with Gasteiger partial charge in [0.15, 0.2) is 0 Å². The van der Waals surface area contributed by atoms with E-state index in [9.17, 15) is 5.11 Å². The van der Waals surface area contributed by atoms with Gasteiger partial charge in [0.2, 0.25) is 0 Å². The molecule has 96 valence electrons. The molecule has 0 aromatic carbocycles. The molecule has 0 unspecified atom stereocenters. The van der Waals surface area contributed by atoms with Gasteiger partial charge >= 0.3 is 0 Å². The summed E-state index contributed by atoms with van der Waals surface area (Å²) in [4.78, 5) is 0. The zero-order valence-electron chi connectivity index (χ0n) is 11.7. The van der Waals surface area contributed by atoms with Crippen LogP contribution in [-0.2, 0) is 0 Å². The molecule has 0 heterocycles. The molecule has 0 amide bonds. The molecule has 1 N–H and O–H groups in total. The molecule has 4 atom stereocenters. The van der Waals surface area contributed by atoms with Crippen LogP contribution in [0.15, 0.2) is 0 Å². The molecule has 2 aliphatic carbocycles. The Morgan fingerprint density at radius 2 is 2.06 bits per heavy atom. The van der Waals surface area contributed by atoms with Crippen LogP contribution >= 0.6 is 0 Å². The number of hydrogen-bond donors (Lipinski definition) is 1. The van der Waals surface area contributed by atoms with Gasteiger partial charge in [0.1, 0.15) is 5.60 Å². The van der Waals surface area contributed by atoms with Crippen LogP contribution in [-0.4, -0.2) is 10.7 Å². The fourth-order valence-corrected chi connectivity index (χ4v) is 3.81. The van der Waals surface area contributed by atoms with Crippen LogP contribution in [0, 0.1) is 35.0 Å². The van der Waals surface area contributed by atoms with Gasteiger partial charge in [-0.2, -0.15) is 0 Å². The highest BCUT2D eigenvalue weighted by Gasteiger charge is 2.60. The van der Waals surface area contributed by atoms with E-state index in [4.69, 9.17) is 0 Å². The average molecular weight is 234 g/mol. The molecule has 1 heteroatoms. The minimum atomic E-state index is -0.673. The Morgan fingerprint density at radius 1 is 1.35 bits per heavy atom. The first kappa shape index (κ1) is 13.0. The quantitative estimate of drug-likeness (QED) is 0.571. The molecular formula is C16H26O. The predicted octanol–water partition coefficient (Wildman–Crippen LogP) is 3.61. The third-order valence-corrected chi connectivity index (χ3v) is 5.50. The Hall–Kier alpha value is -0.480. The van der Waals surface area contributed by atoms with Crippen molar-refractivity contribution in [1.82, 2.24) is 0 Å². The lowest BCUT2D eigenvalue weighted by Gasteiger charge is -2.42. The molecule has 0 aliphatic heterocycles. The third kappa shape index (κ3) is 2.02. The summed E-state index contributed by atoms with van der Waals surface area (Å²) in [5.74, 6) is 8.05. The summed E-state index contributed by atoms with van der Waals surface area (Å²) in [6, 6.07) is 0. The van der Waals surface area contributed by atoms with Gasteiger partial charge in [-0.3, -0.25) is 0 Å². The second-order valence-electron chi connectivity index (χ2n) is 6.68. The average Bonchev–Trinajstić information content (AvgIpc) is 2.71. The van der Waals surface area contributed by atoms with Gasteiger partial charge in [-0.15, -0.1) is 5.92 Å². The molecule has 1 nitrogen and oxygen atoms in total. The first-order valence-electron chi connectivity index (χ1n) is 7.14. The largest absolute Gasteiger partial charge is 0.377 e. The zero-order valence-corrected chi connectivity index (χ0v) is 11.7. The van der Waals surface area contributed by atoms with Crippen molar-refractivity contribution >= 4 is 0 Å². The van der Waals surface area contributed by atoms with Gasteiger partial charge in [-0.25, -0.2) is 0 Å². The summed E-state index contributed by atoms with van der Waals surface area (Å²) in [5.41, 5.74) is -0.282. The second-order valence-corrected chi connectivity index (χ2v) is 6.68. The van der Waals surface area contributed by atoms with E-state index in [0.717, 1.165) is 19.3 Å². The first-order valence-corrected chi connectivity index (χ1v) is 7.14. The van der Waals surface area contributed by atoms with Crippen molar-refractivity contribution in [3.8, 4) is 11.8 Å². The Labute approximate surface area is 106 Å². The van der Waals surface area contributed by atoms with Crippen molar-refractivity contribution in [2.45, 2.75) is 65.4 Å². The summed E-state index contributed by atoms with van der Waals surface area (Å²) in [6.07, 6.45) is 5.34. The van der Waals surface area contributed by atoms with Gasteiger partial charge in [0, 0.05) is 12.3 Å². The van der Waals surface area contributed by atoms with Gasteiger partial charge in [-0.05, 0) is 36.5 Å². The molecule has 2 bridgehead atoms. The third-order valence-electron chi connectivity index (χ3n) is 5.50. The van der Waals surface area contributed by atoms with Crippen molar-refractivity contribution in [3.63, 3.8) is 0 Å². The van der Waals surface area contributed by atoms with Crippen LogP contribution in [0.1, 0.15) is 59.8 Å². The molecule has 0 spiro atoms. The maximum absolute atomic E-state index is 10.7. The summed E-state index contributed by atoms with van der Waals surface area (Å²) in [7, 11) is 0. The Kier molecular flexibility index (Phi) is 3.29. The Bertz CT molecular complexity index is 342. The van der Waals surface area contributed by atoms with Crippen molar-refractivity contribution < 1.29 is 5.11 Å². The molecule has 2 saturated carbocycles. The normalized spacial score (nSPS) is 42.3. The van der Waals surface area contributed by atoms with Crippen LogP contribution < -0.4 is 0 Å². The minimum Gasteiger partial charge on any atom is -0.377 e. The van der Waals surface area contributed by atoms with E-state index in [2.05, 4.69) is 39.5 Å². The highest BCUT2D eigenvalue weighted by molar-refractivity contribution is 5.24. The molecule has 0 saturated heterocycles. The first-order chi connectivity index (χ1) is 7.92. The SMILES string of the molecule is CCCCC#C[C@@]1(O)C[C@H]2C[C@H]1[C@@H](C)C2(C)C. The van der Waals surface area contributed by atoms with Crippen LogP contribution in [0.25, 0.3) is 0 Å². The van der Waals surface area contributed by atoms with Crippen LogP contribution in [0.3, 0.4) is 0 Å². The molecule has 0 radical (unpaired) electrons. The monoisotopic (exact) mass is 234 g/mol. The molecule has 2 rings (SSSR count). The van der Waals surface area contributed by atoms with E-state index in [0.29, 0.717) is 23.2 Å². The van der Waals surface area contributed by atoms with Crippen molar-refractivity contribution in [1.29, 1.82) is 0 Å². The summed E-state index contributed by atoms with van der Waals surface area (Å²) in [6.45, 7) is 9.18. The van der Waals surface area contributed by atoms with Gasteiger partial charge in [0.25, 0.3) is 0 Å². The zero-order chi connectivity index (χ0) is 12.7. The van der Waals surface area contributed by atoms with E-state index in [1.54, 1.807) is 0 Å². The van der Waals surface area contributed by atoms with Crippen molar-refractivity contribution in [2.75, 3.05) is 0 Å². The Balaban J connectivity index is 2.08. The fourth-order valence-electron chi connectivity index (χ4n) is 3.81. The summed E-state index contributed by atoms with van der Waals surface area (Å²) < 4.78 is 0. The van der Waals surface area contributed by atoms with E-state index in [1.807, 2.05) is 0 Å². The van der Waals surface area contributed by atoms with Crippen molar-refractivity contribution in [2.24, 2.45) is 23.2 Å². The lowest BCUT2D eigenvalue weighted by atomic mass is 9.65. The van der Waals surface area contributed by atoms with E-state index in [-0.39, 0.29) is 0 Å². The van der Waals surface area contributed by atoms with Crippen LogP contribution in [0.4, 0.5) is 0 Å². The van der Waals surface area contributed by atoms with Crippen molar-refractivity contribution in [3.05, 3.63) is 0 Å². The molecular weight excluding hydrogens is 208 g/mol. The number of unbranched alkanes of at least 4 members (excludes halogenated alkanes) is 2. The molecule has 17 heavy (non-hydrogen) atoms. The number of fused-ring (bicyclic) bond motifs is 2. The molecule has 0 aromatic heterocycles. The highest BCUT2D eigenvalue weighted by Crippen LogP contribution is 2.62. The number of rotatable bonds is 2. The maximum atomic E-state index is 10.7. The topological polar surface area (TPSA) is 20.2 Å². The fraction of sp³-hybridized carbons (Fsp3) is 0.875. The predicted molar refractivity (Wildman–Crippen MR) is 71.4 cm³/mol. The lowest BCUT2D eigenvalue weighted by molar-refractivity contribution is -0.0250. The van der Waals surface area contributed by atoms with E-state index < -0.39 is 5.60 Å². The van der Waals surface area contributed by atoms with Gasteiger partial charge in [0.05, 0.1) is 0 Å². The number of hydrogen-bond acceptors (Lipinski definition) is 1. The molecule has 0 aromatic rings. The Morgan fingerprint density at radius 3 is 2.59 bits per heavy atom. The van der Waals surface area contributed by atoms with Crippen LogP contribution in [0.5, 0.6) is 0 Å². The highest BCUT2D eigenvalue weighted by atomic mass is 16.3. The van der Waals surface area contributed by atoms with Gasteiger partial charge < -0.3 is 5.11 Å². The second kappa shape index (κ2) is 4.32. The standard InChI is InChI=1S/C16H26O/c1-5-6-7-8-9-16(17)11-13-10-14(16)12(2)15(13,3)4/h12-14,17H,5-7,10-11H2,1-4H3/t12-,13-,14+,16-/m1/s1. The van der Waals surface area contributed by atoms with E-state index in [1.165, 1.54) is 12.8 Å². The molecule has 2 aliphatic rings. The number of aliphatic hydroxyl groups is 1. The maximum Gasteiger partial charge on any atom is 0.128 e. The smallest absolute Gasteiger partial charge is 0.128 e. The summed E-state index contributed by atoms with van der Waals surface area (Å²) in [5, 5.41) is 10.7. The van der Waals surface area contributed by atoms with Crippen LogP contribution in [0.2, 0.25) is 0 Å². The van der Waals surface area contributed by atoms with E-state index >= 15 is 0 Å². The summed E-state index contributed by atoms with van der Waals surface area (Å²) >= 11 is 0. The molecule has 2 fully saturated rings. The minimum absolute atomic E-state index is 0.391. The van der Waals surface area contributed by atoms with Gasteiger partial charge in [-0.1, -0.05) is 40.0 Å². The lowest BCUT2D eigenvalue weighted by Crippen LogP contribution is -2.44.